The maximum absolute atomic E-state index is 6.72. The second-order valence-corrected chi connectivity index (χ2v) is 18.9. The molecule has 0 atom stereocenters. The summed E-state index contributed by atoms with van der Waals surface area (Å²) in [6, 6.07) is 82.6. The predicted molar refractivity (Wildman–Crippen MR) is 267 cm³/mol. The van der Waals surface area contributed by atoms with E-state index in [0.717, 1.165) is 61.6 Å². The Morgan fingerprint density at radius 1 is 0.348 bits per heavy atom. The molecule has 2 aliphatic heterocycles. The van der Waals surface area contributed by atoms with Gasteiger partial charge in [0.2, 0.25) is 0 Å². The smallest absolute Gasteiger partial charge is 0.135 e. The van der Waals surface area contributed by atoms with Crippen LogP contribution in [0.5, 0.6) is 11.5 Å². The Labute approximate surface area is 386 Å². The van der Waals surface area contributed by atoms with Gasteiger partial charge >= 0.3 is 0 Å². The molecule has 0 radical (unpaired) electrons. The molecule has 308 valence electrons. The first kappa shape index (κ1) is 36.3. The van der Waals surface area contributed by atoms with Gasteiger partial charge in [0.1, 0.15) is 22.7 Å². The van der Waals surface area contributed by atoms with Gasteiger partial charge in [-0.15, -0.1) is 0 Å². The summed E-state index contributed by atoms with van der Waals surface area (Å²) in [7, 11) is 0. The van der Waals surface area contributed by atoms with Crippen molar-refractivity contribution in [3.05, 3.63) is 269 Å². The van der Waals surface area contributed by atoms with Crippen LogP contribution < -0.4 is 9.64 Å². The van der Waals surface area contributed by atoms with E-state index in [9.17, 15) is 0 Å². The zero-order chi connectivity index (χ0) is 43.1. The first-order chi connectivity index (χ1) is 32.7. The van der Waals surface area contributed by atoms with Gasteiger partial charge in [-0.25, -0.2) is 0 Å². The summed E-state index contributed by atoms with van der Waals surface area (Å²) in [5.41, 5.74) is 19.0. The number of anilines is 3. The lowest BCUT2D eigenvalue weighted by Crippen LogP contribution is -2.32. The van der Waals surface area contributed by atoms with Gasteiger partial charge in [-0.1, -0.05) is 169 Å². The van der Waals surface area contributed by atoms with Gasteiger partial charge in [0.15, 0.2) is 0 Å². The molecule has 0 saturated heterocycles. The van der Waals surface area contributed by atoms with Crippen LogP contribution in [0.2, 0.25) is 0 Å². The van der Waals surface area contributed by atoms with E-state index in [4.69, 9.17) is 9.15 Å². The van der Waals surface area contributed by atoms with Crippen molar-refractivity contribution in [2.24, 2.45) is 0 Å². The summed E-state index contributed by atoms with van der Waals surface area (Å²) in [6.07, 6.45) is 0. The highest BCUT2D eigenvalue weighted by molar-refractivity contribution is 7.99. The predicted octanol–water partition coefficient (Wildman–Crippen LogP) is 16.4. The first-order valence-corrected chi connectivity index (χ1v) is 23.5. The first-order valence-electron chi connectivity index (χ1n) is 22.7. The number of nitrogens with zero attached hydrogens (tertiary/aromatic N) is 1. The molecule has 0 saturated carbocycles. The van der Waals surface area contributed by atoms with Crippen molar-refractivity contribution >= 4 is 50.8 Å². The van der Waals surface area contributed by atoms with E-state index < -0.39 is 10.8 Å². The van der Waals surface area contributed by atoms with Crippen LogP contribution in [-0.2, 0) is 10.8 Å². The van der Waals surface area contributed by atoms with E-state index >= 15 is 0 Å². The third kappa shape index (κ3) is 4.54. The Kier molecular flexibility index (Phi) is 7.29. The minimum atomic E-state index is -0.604. The molecule has 10 aromatic carbocycles. The largest absolute Gasteiger partial charge is 0.457 e. The van der Waals surface area contributed by atoms with Crippen LogP contribution in [0, 0.1) is 0 Å². The Hall–Kier alpha value is -8.05. The topological polar surface area (TPSA) is 25.6 Å². The molecular formula is C62H37NO2S. The molecule has 4 heteroatoms. The SMILES string of the molecule is c1ccc2c(c1)Oc1ccccc1C21c2ccccc2-c2c(N(c3ccc4c(c3)-c3ccccc3C43c4ccccc4Sc4ccccc43)c3ccc4oc5ccccc5c4c3)cccc21. The van der Waals surface area contributed by atoms with E-state index in [1.54, 1.807) is 0 Å². The van der Waals surface area contributed by atoms with Crippen molar-refractivity contribution in [3.63, 3.8) is 0 Å². The molecule has 3 heterocycles. The third-order valence-corrected chi connectivity index (χ3v) is 15.9. The normalized spacial score (nSPS) is 14.7. The number of rotatable bonds is 3. The highest BCUT2D eigenvalue weighted by Crippen LogP contribution is 2.66. The molecule has 0 unspecified atom stereocenters. The van der Waals surface area contributed by atoms with Crippen molar-refractivity contribution in [1.82, 2.24) is 0 Å². The number of fused-ring (bicyclic) bond motifs is 21. The molecule has 15 rings (SSSR count). The van der Waals surface area contributed by atoms with E-state index in [-0.39, 0.29) is 0 Å². The summed E-state index contributed by atoms with van der Waals surface area (Å²) >= 11 is 1.88. The molecule has 66 heavy (non-hydrogen) atoms. The molecule has 0 fully saturated rings. The Balaban J connectivity index is 1.03. The van der Waals surface area contributed by atoms with Crippen LogP contribution in [-0.4, -0.2) is 0 Å². The van der Waals surface area contributed by atoms with E-state index in [2.05, 4.69) is 223 Å². The van der Waals surface area contributed by atoms with Gasteiger partial charge in [-0.2, -0.15) is 0 Å². The molecule has 2 spiro atoms. The monoisotopic (exact) mass is 859 g/mol. The molecule has 0 amide bonds. The van der Waals surface area contributed by atoms with Crippen molar-refractivity contribution in [2.45, 2.75) is 20.6 Å². The average Bonchev–Trinajstić information content (AvgIpc) is 4.00. The molecule has 0 bridgehead atoms. The van der Waals surface area contributed by atoms with Crippen molar-refractivity contribution < 1.29 is 9.15 Å². The number of benzene rings is 10. The second-order valence-electron chi connectivity index (χ2n) is 17.8. The maximum Gasteiger partial charge on any atom is 0.135 e. The summed E-state index contributed by atoms with van der Waals surface area (Å²) in [4.78, 5) is 5.10. The molecular weight excluding hydrogens is 823 g/mol. The molecule has 4 aliphatic rings. The minimum absolute atomic E-state index is 0.467. The fourth-order valence-corrected chi connectivity index (χ4v) is 13.5. The lowest BCUT2D eigenvalue weighted by atomic mass is 9.66. The molecule has 0 N–H and O–H groups in total. The number of ether oxygens (including phenoxy) is 1. The maximum atomic E-state index is 6.72. The van der Waals surface area contributed by atoms with E-state index in [1.807, 2.05) is 17.8 Å². The number of furan rings is 1. The molecule has 11 aromatic rings. The Bertz CT molecular complexity index is 3790. The molecule has 1 aromatic heterocycles. The third-order valence-electron chi connectivity index (χ3n) is 14.8. The number of hydrogen-bond donors (Lipinski definition) is 0. The lowest BCUT2D eigenvalue weighted by Gasteiger charge is -2.40. The van der Waals surface area contributed by atoms with Gasteiger partial charge in [-0.05, 0) is 117 Å². The summed E-state index contributed by atoms with van der Waals surface area (Å²) in [5.74, 6) is 1.77. The van der Waals surface area contributed by atoms with Gasteiger partial charge < -0.3 is 14.1 Å². The quantitative estimate of drug-likeness (QED) is 0.177. The van der Waals surface area contributed by atoms with Gasteiger partial charge in [0, 0.05) is 48.6 Å². The number of para-hydroxylation sites is 3. The summed E-state index contributed by atoms with van der Waals surface area (Å²) in [6.45, 7) is 0. The fraction of sp³-hybridized carbons (Fsp3) is 0.0323. The van der Waals surface area contributed by atoms with Crippen molar-refractivity contribution in [1.29, 1.82) is 0 Å². The van der Waals surface area contributed by atoms with Crippen LogP contribution in [0.25, 0.3) is 44.2 Å². The zero-order valence-corrected chi connectivity index (χ0v) is 36.4. The van der Waals surface area contributed by atoms with Gasteiger partial charge in [-0.3, -0.25) is 0 Å². The van der Waals surface area contributed by atoms with Crippen LogP contribution in [0.1, 0.15) is 44.5 Å². The Morgan fingerprint density at radius 2 is 0.864 bits per heavy atom. The second kappa shape index (κ2) is 13.3. The summed E-state index contributed by atoms with van der Waals surface area (Å²) < 4.78 is 13.2. The molecule has 2 aliphatic carbocycles. The van der Waals surface area contributed by atoms with Crippen LogP contribution in [0.15, 0.2) is 239 Å². The summed E-state index contributed by atoms with van der Waals surface area (Å²) in [5, 5.41) is 2.19. The minimum Gasteiger partial charge on any atom is -0.457 e. The average molecular weight is 860 g/mol. The van der Waals surface area contributed by atoms with Crippen LogP contribution >= 0.6 is 11.8 Å². The molecule has 3 nitrogen and oxygen atoms in total. The van der Waals surface area contributed by atoms with Crippen molar-refractivity contribution in [2.75, 3.05) is 4.90 Å². The number of hydrogen-bond acceptors (Lipinski definition) is 4. The van der Waals surface area contributed by atoms with E-state index in [0.29, 0.717) is 0 Å². The Morgan fingerprint density at radius 3 is 1.61 bits per heavy atom. The van der Waals surface area contributed by atoms with E-state index in [1.165, 1.54) is 65.4 Å². The van der Waals surface area contributed by atoms with Gasteiger partial charge in [0.25, 0.3) is 0 Å². The lowest BCUT2D eigenvalue weighted by molar-refractivity contribution is 0.436. The van der Waals surface area contributed by atoms with Crippen LogP contribution in [0.3, 0.4) is 0 Å². The zero-order valence-electron chi connectivity index (χ0n) is 35.5. The highest BCUT2D eigenvalue weighted by atomic mass is 32.2. The van der Waals surface area contributed by atoms with Crippen molar-refractivity contribution in [3.8, 4) is 33.8 Å². The van der Waals surface area contributed by atoms with Crippen LogP contribution in [0.4, 0.5) is 17.1 Å². The highest BCUT2D eigenvalue weighted by Gasteiger charge is 2.53. The van der Waals surface area contributed by atoms with Gasteiger partial charge in [0.05, 0.1) is 16.5 Å². The fourth-order valence-electron chi connectivity index (χ4n) is 12.3. The standard InChI is InChI=1S/C62H37NO2S/c1-4-19-45-40(16-1)43-36-38(32-34-47(43)61(45)50-23-8-13-30-58(50)66-59-31-14-9-24-51(59)61)63(39-33-35-55-44(37-39)41-17-3-10-27-54(41)64-55)53-26-15-25-52-60(53)42-18-2-5-20-46(42)62(52)48-21-6-11-28-56(48)65-57-29-12-7-22-49(57)62/h1-37H.